The monoisotopic (exact) mass is 330 g/mol. The van der Waals surface area contributed by atoms with Gasteiger partial charge in [0.25, 0.3) is 0 Å². The van der Waals surface area contributed by atoms with Crippen LogP contribution in [0, 0.1) is 0 Å². The van der Waals surface area contributed by atoms with Gasteiger partial charge in [0.2, 0.25) is 11.9 Å². The van der Waals surface area contributed by atoms with Crippen molar-refractivity contribution in [1.29, 1.82) is 0 Å². The molecule has 0 aliphatic carbocycles. The molecule has 24 heavy (non-hydrogen) atoms. The van der Waals surface area contributed by atoms with Crippen LogP contribution >= 0.6 is 0 Å². The summed E-state index contributed by atoms with van der Waals surface area (Å²) < 4.78 is 1.58. The van der Waals surface area contributed by atoms with Gasteiger partial charge in [-0.05, 0) is 25.0 Å². The van der Waals surface area contributed by atoms with Gasteiger partial charge in [0.15, 0.2) is 0 Å². The van der Waals surface area contributed by atoms with Crippen LogP contribution in [0.25, 0.3) is 0 Å². The summed E-state index contributed by atoms with van der Waals surface area (Å²) in [6, 6.07) is 3.54. The van der Waals surface area contributed by atoms with E-state index in [-0.39, 0.29) is 19.0 Å². The number of nitrogens with zero attached hydrogens (tertiary/aromatic N) is 6. The van der Waals surface area contributed by atoms with Gasteiger partial charge in [-0.2, -0.15) is 5.10 Å². The molecule has 128 valence electrons. The van der Waals surface area contributed by atoms with Gasteiger partial charge in [-0.1, -0.05) is 0 Å². The highest BCUT2D eigenvalue weighted by atomic mass is 16.3. The van der Waals surface area contributed by atoms with E-state index in [4.69, 9.17) is 0 Å². The minimum Gasteiger partial charge on any atom is -0.386 e. The summed E-state index contributed by atoms with van der Waals surface area (Å²) >= 11 is 0. The Morgan fingerprint density at radius 2 is 2.12 bits per heavy atom. The molecule has 3 rings (SSSR count). The predicted molar refractivity (Wildman–Crippen MR) is 88.3 cm³/mol. The number of β-amino-alcohol motifs (C(OH)–C–C–N with tert-alkyl or cyclic N) is 1. The van der Waals surface area contributed by atoms with Crippen molar-refractivity contribution in [3.63, 3.8) is 0 Å². The molecule has 0 spiro atoms. The summed E-state index contributed by atoms with van der Waals surface area (Å²) in [6.45, 7) is 1.66. The van der Waals surface area contributed by atoms with Crippen LogP contribution in [0.4, 0.5) is 5.95 Å². The van der Waals surface area contributed by atoms with Gasteiger partial charge < -0.3 is 14.9 Å². The number of amides is 1. The lowest BCUT2D eigenvalue weighted by molar-refractivity contribution is -0.134. The molecule has 0 unspecified atom stereocenters. The maximum atomic E-state index is 12.3. The third-order valence-electron chi connectivity index (χ3n) is 4.20. The van der Waals surface area contributed by atoms with Gasteiger partial charge in [0.05, 0.1) is 18.7 Å². The number of carbonyl (C=O) groups is 1. The van der Waals surface area contributed by atoms with E-state index in [0.29, 0.717) is 18.9 Å². The van der Waals surface area contributed by atoms with Crippen LogP contribution in [0.15, 0.2) is 36.9 Å². The maximum Gasteiger partial charge on any atom is 0.244 e. The van der Waals surface area contributed by atoms with Crippen molar-refractivity contribution >= 4 is 11.9 Å². The Morgan fingerprint density at radius 1 is 1.33 bits per heavy atom. The van der Waals surface area contributed by atoms with E-state index in [1.165, 1.54) is 0 Å². The molecule has 0 saturated carbocycles. The minimum atomic E-state index is -0.966. The molecule has 1 saturated heterocycles. The molecule has 0 radical (unpaired) electrons. The van der Waals surface area contributed by atoms with Gasteiger partial charge >= 0.3 is 0 Å². The maximum absolute atomic E-state index is 12.3. The van der Waals surface area contributed by atoms with Crippen LogP contribution in [-0.4, -0.2) is 67.9 Å². The highest BCUT2D eigenvalue weighted by Crippen LogP contribution is 2.24. The van der Waals surface area contributed by atoms with Gasteiger partial charge in [0.1, 0.15) is 6.54 Å². The van der Waals surface area contributed by atoms with Crippen LogP contribution in [0.1, 0.15) is 12.8 Å². The first-order chi connectivity index (χ1) is 11.6. The fourth-order valence-corrected chi connectivity index (χ4v) is 3.05. The molecule has 3 heterocycles. The molecule has 1 fully saturated rings. The minimum absolute atomic E-state index is 0.0831. The number of hydrogen-bond donors (Lipinski definition) is 1. The largest absolute Gasteiger partial charge is 0.386 e. The number of likely N-dealkylation sites (N-methyl/N-ethyl adjacent to an activating group) is 1. The third-order valence-corrected chi connectivity index (χ3v) is 4.20. The lowest BCUT2D eigenvalue weighted by atomic mass is 9.92. The topological polar surface area (TPSA) is 87.4 Å². The Hall–Kier alpha value is -2.48. The Morgan fingerprint density at radius 3 is 2.83 bits per heavy atom. The number of piperidine rings is 1. The van der Waals surface area contributed by atoms with Gasteiger partial charge in [-0.3, -0.25) is 9.48 Å². The second-order valence-corrected chi connectivity index (χ2v) is 6.25. The average molecular weight is 330 g/mol. The number of aliphatic hydroxyl groups is 1. The fourth-order valence-electron chi connectivity index (χ4n) is 3.05. The summed E-state index contributed by atoms with van der Waals surface area (Å²) in [6.07, 6.45) is 8.24. The molecule has 1 atom stereocenters. The number of carbonyl (C=O) groups excluding carboxylic acids is 1. The van der Waals surface area contributed by atoms with E-state index in [9.17, 15) is 9.90 Å². The van der Waals surface area contributed by atoms with Crippen molar-refractivity contribution in [2.75, 3.05) is 31.6 Å². The number of aromatic nitrogens is 4. The molecule has 0 bridgehead atoms. The van der Waals surface area contributed by atoms with Crippen LogP contribution in [0.5, 0.6) is 0 Å². The molecular weight excluding hydrogens is 308 g/mol. The molecule has 1 aliphatic heterocycles. The first-order valence-corrected chi connectivity index (χ1v) is 8.01. The summed E-state index contributed by atoms with van der Waals surface area (Å²) in [5.74, 6) is 0.529. The first-order valence-electron chi connectivity index (χ1n) is 8.01. The quantitative estimate of drug-likeness (QED) is 0.840. The highest BCUT2D eigenvalue weighted by molar-refractivity contribution is 5.75. The Labute approximate surface area is 140 Å². The van der Waals surface area contributed by atoms with Crippen molar-refractivity contribution in [3.8, 4) is 0 Å². The molecule has 8 heteroatoms. The molecule has 0 aromatic carbocycles. The smallest absolute Gasteiger partial charge is 0.244 e. The molecule has 2 aromatic rings. The summed E-state index contributed by atoms with van der Waals surface area (Å²) in [7, 11) is 1.71. The van der Waals surface area contributed by atoms with Crippen LogP contribution in [-0.2, 0) is 11.3 Å². The Kier molecular flexibility index (Phi) is 4.75. The van der Waals surface area contributed by atoms with Crippen molar-refractivity contribution < 1.29 is 9.90 Å². The normalized spacial score (nSPS) is 20.8. The van der Waals surface area contributed by atoms with Crippen molar-refractivity contribution in [2.45, 2.75) is 25.0 Å². The third kappa shape index (κ3) is 3.88. The molecular formula is C16H22N6O2. The number of rotatable bonds is 5. The van der Waals surface area contributed by atoms with Crippen LogP contribution < -0.4 is 4.90 Å². The predicted octanol–water partition coefficient (Wildman–Crippen LogP) is 0.163. The van der Waals surface area contributed by atoms with E-state index in [1.54, 1.807) is 53.5 Å². The van der Waals surface area contributed by atoms with E-state index in [1.807, 2.05) is 4.90 Å². The second-order valence-electron chi connectivity index (χ2n) is 6.25. The van der Waals surface area contributed by atoms with Gasteiger partial charge in [-0.15, -0.1) is 0 Å². The zero-order chi connectivity index (χ0) is 17.0. The van der Waals surface area contributed by atoms with E-state index in [0.717, 1.165) is 13.0 Å². The summed E-state index contributed by atoms with van der Waals surface area (Å²) in [5, 5.41) is 15.0. The van der Waals surface area contributed by atoms with Gasteiger partial charge in [0, 0.05) is 38.4 Å². The average Bonchev–Trinajstić information content (AvgIpc) is 3.08. The fraction of sp³-hybridized carbons (Fsp3) is 0.500. The highest BCUT2D eigenvalue weighted by Gasteiger charge is 2.36. The van der Waals surface area contributed by atoms with E-state index < -0.39 is 5.60 Å². The second kappa shape index (κ2) is 6.96. The van der Waals surface area contributed by atoms with Crippen molar-refractivity contribution in [1.82, 2.24) is 24.6 Å². The lowest BCUT2D eigenvalue weighted by Crippen LogP contribution is -2.55. The Balaban J connectivity index is 1.61. The zero-order valence-electron chi connectivity index (χ0n) is 13.7. The van der Waals surface area contributed by atoms with Crippen LogP contribution in [0.2, 0.25) is 0 Å². The molecule has 1 aliphatic rings. The number of hydrogen-bond acceptors (Lipinski definition) is 6. The summed E-state index contributed by atoms with van der Waals surface area (Å²) in [4.78, 5) is 24.3. The molecule has 1 N–H and O–H groups in total. The van der Waals surface area contributed by atoms with E-state index in [2.05, 4.69) is 15.1 Å². The molecule has 2 aromatic heterocycles. The SMILES string of the molecule is CN(C[C@@]1(O)CCCN(c2ncccn2)C1)C(=O)Cn1cccn1. The van der Waals surface area contributed by atoms with Crippen molar-refractivity contribution in [2.24, 2.45) is 0 Å². The summed E-state index contributed by atoms with van der Waals surface area (Å²) in [5.41, 5.74) is -0.966. The molecule has 1 amide bonds. The lowest BCUT2D eigenvalue weighted by Gasteiger charge is -2.41. The zero-order valence-corrected chi connectivity index (χ0v) is 13.7. The standard InChI is InChI=1S/C16H22N6O2/c1-20(14(23)11-22-10-4-8-19-22)12-16(24)5-2-9-21(13-16)15-17-6-3-7-18-15/h3-4,6-8,10,24H,2,5,9,11-13H2,1H3/t16-/m0/s1. The molecule has 8 nitrogen and oxygen atoms in total. The first kappa shape index (κ1) is 16.4. The van der Waals surface area contributed by atoms with Gasteiger partial charge in [-0.25, -0.2) is 9.97 Å². The van der Waals surface area contributed by atoms with Crippen molar-refractivity contribution in [3.05, 3.63) is 36.9 Å². The van der Waals surface area contributed by atoms with E-state index >= 15 is 0 Å². The Bertz CT molecular complexity index is 662. The van der Waals surface area contributed by atoms with Crippen LogP contribution in [0.3, 0.4) is 0 Å². The number of anilines is 1.